The Labute approximate surface area is 114 Å². The average Bonchev–Trinajstić information content (AvgIpc) is 2.26. The Bertz CT molecular complexity index is 457. The van der Waals surface area contributed by atoms with Gasteiger partial charge in [0.1, 0.15) is 5.75 Å². The first-order valence-corrected chi connectivity index (χ1v) is 8.57. The maximum Gasteiger partial charge on any atom is 0.232 e. The summed E-state index contributed by atoms with van der Waals surface area (Å²) in [7, 11) is 1.79. The van der Waals surface area contributed by atoms with Crippen molar-refractivity contribution in [3.63, 3.8) is 0 Å². The summed E-state index contributed by atoms with van der Waals surface area (Å²) in [6, 6.07) is 7.93. The molecule has 0 aliphatic carbocycles. The fourth-order valence-corrected chi connectivity index (χ4v) is 2.50. The van der Waals surface area contributed by atoms with Crippen molar-refractivity contribution in [1.82, 2.24) is 0 Å². The van der Waals surface area contributed by atoms with Gasteiger partial charge in [0, 0.05) is 10.7 Å². The van der Waals surface area contributed by atoms with E-state index < -0.39 is 9.05 Å². The van der Waals surface area contributed by atoms with Gasteiger partial charge in [-0.1, -0.05) is 25.0 Å². The van der Waals surface area contributed by atoms with Gasteiger partial charge in [0.05, 0.1) is 12.4 Å². The minimum atomic E-state index is -3.32. The first-order chi connectivity index (χ1) is 8.47. The second kappa shape index (κ2) is 7.64. The number of halogens is 1. The lowest BCUT2D eigenvalue weighted by Gasteiger charge is -2.06. The van der Waals surface area contributed by atoms with Crippen LogP contribution in [-0.2, 0) is 9.05 Å². The summed E-state index contributed by atoms with van der Waals surface area (Å²) in [6.45, 7) is 2.69. The smallest absolute Gasteiger partial charge is 0.232 e. The minimum Gasteiger partial charge on any atom is -0.494 e. The van der Waals surface area contributed by atoms with E-state index >= 15 is 0 Å². The second-order valence-electron chi connectivity index (χ2n) is 4.32. The molecule has 0 radical (unpaired) electrons. The van der Waals surface area contributed by atoms with E-state index in [1.54, 1.807) is 0 Å². The van der Waals surface area contributed by atoms with Crippen molar-refractivity contribution < 1.29 is 13.2 Å². The van der Waals surface area contributed by atoms with Crippen LogP contribution < -0.4 is 4.74 Å². The molecule has 0 bridgehead atoms. The van der Waals surface area contributed by atoms with Crippen LogP contribution >= 0.6 is 10.7 Å². The van der Waals surface area contributed by atoms with Gasteiger partial charge in [-0.05, 0) is 37.5 Å². The number of rotatable bonds is 8. The summed E-state index contributed by atoms with van der Waals surface area (Å²) in [4.78, 5) is 0. The first-order valence-electron chi connectivity index (χ1n) is 6.09. The third-order valence-corrected chi connectivity index (χ3v) is 3.78. The monoisotopic (exact) mass is 290 g/mol. The molecule has 1 aromatic carbocycles. The Balaban J connectivity index is 2.06. The molecule has 0 aliphatic heterocycles. The zero-order chi connectivity index (χ0) is 13.4. The third-order valence-electron chi connectivity index (χ3n) is 2.54. The van der Waals surface area contributed by atoms with Crippen LogP contribution in [0.2, 0.25) is 0 Å². The van der Waals surface area contributed by atoms with E-state index in [1.165, 1.54) is 5.56 Å². The molecule has 18 heavy (non-hydrogen) atoms. The number of hydrogen-bond donors (Lipinski definition) is 0. The fraction of sp³-hybridized carbons (Fsp3) is 0.538. The summed E-state index contributed by atoms with van der Waals surface area (Å²) < 4.78 is 26.9. The quantitative estimate of drug-likeness (QED) is 0.543. The number of hydrogen-bond acceptors (Lipinski definition) is 3. The van der Waals surface area contributed by atoms with Gasteiger partial charge in [-0.15, -0.1) is 0 Å². The van der Waals surface area contributed by atoms with Crippen LogP contribution in [0.4, 0.5) is 0 Å². The zero-order valence-electron chi connectivity index (χ0n) is 10.6. The summed E-state index contributed by atoms with van der Waals surface area (Å²) in [5.41, 5.74) is 1.18. The Morgan fingerprint density at radius 1 is 1.17 bits per heavy atom. The fourth-order valence-electron chi connectivity index (χ4n) is 1.63. The average molecular weight is 291 g/mol. The molecular formula is C13H19ClO3S. The summed E-state index contributed by atoms with van der Waals surface area (Å²) in [6.07, 6.45) is 3.37. The largest absolute Gasteiger partial charge is 0.494 e. The van der Waals surface area contributed by atoms with E-state index in [-0.39, 0.29) is 5.75 Å². The van der Waals surface area contributed by atoms with Crippen LogP contribution in [0.15, 0.2) is 24.3 Å². The molecule has 0 heterocycles. The summed E-state index contributed by atoms with van der Waals surface area (Å²) in [5, 5.41) is 0. The molecular weight excluding hydrogens is 272 g/mol. The highest BCUT2D eigenvalue weighted by atomic mass is 35.7. The van der Waals surface area contributed by atoms with Gasteiger partial charge in [0.2, 0.25) is 9.05 Å². The molecule has 0 amide bonds. The number of ether oxygens (including phenoxy) is 1. The van der Waals surface area contributed by atoms with E-state index in [2.05, 4.69) is 0 Å². The van der Waals surface area contributed by atoms with E-state index in [4.69, 9.17) is 15.4 Å². The van der Waals surface area contributed by atoms with Crippen molar-refractivity contribution in [2.45, 2.75) is 32.6 Å². The highest BCUT2D eigenvalue weighted by molar-refractivity contribution is 8.13. The maximum absolute atomic E-state index is 10.7. The molecule has 5 heteroatoms. The Hall–Kier alpha value is -0.740. The number of unbranched alkanes of at least 4 members (excludes halogenated alkanes) is 3. The van der Waals surface area contributed by atoms with Gasteiger partial charge < -0.3 is 4.74 Å². The molecule has 1 rings (SSSR count). The summed E-state index contributed by atoms with van der Waals surface area (Å²) >= 11 is 0. The summed E-state index contributed by atoms with van der Waals surface area (Å²) in [5.74, 6) is 0.950. The van der Waals surface area contributed by atoms with Crippen molar-refractivity contribution >= 4 is 19.7 Å². The molecule has 0 spiro atoms. The van der Waals surface area contributed by atoms with Crippen molar-refractivity contribution in [3.8, 4) is 5.75 Å². The van der Waals surface area contributed by atoms with Crippen molar-refractivity contribution in [2.24, 2.45) is 0 Å². The molecule has 0 N–H and O–H groups in total. The molecule has 0 saturated heterocycles. The van der Waals surface area contributed by atoms with E-state index in [9.17, 15) is 8.42 Å². The van der Waals surface area contributed by atoms with Gasteiger partial charge in [-0.2, -0.15) is 0 Å². The lowest BCUT2D eigenvalue weighted by molar-refractivity contribution is 0.305. The Morgan fingerprint density at radius 2 is 1.89 bits per heavy atom. The van der Waals surface area contributed by atoms with Crippen molar-refractivity contribution in [3.05, 3.63) is 29.8 Å². The van der Waals surface area contributed by atoms with Gasteiger partial charge in [0.25, 0.3) is 0 Å². The first kappa shape index (κ1) is 15.3. The van der Waals surface area contributed by atoms with Gasteiger partial charge in [-0.3, -0.25) is 0 Å². The lowest BCUT2D eigenvalue weighted by Crippen LogP contribution is -1.99. The topological polar surface area (TPSA) is 43.4 Å². The molecule has 0 fully saturated rings. The van der Waals surface area contributed by atoms with E-state index in [0.29, 0.717) is 13.0 Å². The van der Waals surface area contributed by atoms with Crippen LogP contribution in [0.3, 0.4) is 0 Å². The third kappa shape index (κ3) is 7.56. The SMILES string of the molecule is Cc1cccc(OCCCCCCS(=O)(=O)Cl)c1. The molecule has 102 valence electrons. The molecule has 1 aromatic rings. The predicted molar refractivity (Wildman–Crippen MR) is 74.8 cm³/mol. The number of benzene rings is 1. The molecule has 0 aromatic heterocycles. The molecule has 0 saturated carbocycles. The zero-order valence-corrected chi connectivity index (χ0v) is 12.1. The van der Waals surface area contributed by atoms with Gasteiger partial charge >= 0.3 is 0 Å². The second-order valence-corrected chi connectivity index (χ2v) is 7.22. The van der Waals surface area contributed by atoms with E-state index in [0.717, 1.165) is 25.0 Å². The van der Waals surface area contributed by atoms with E-state index in [1.807, 2.05) is 31.2 Å². The van der Waals surface area contributed by atoms with Crippen LogP contribution in [0.1, 0.15) is 31.2 Å². The molecule has 0 atom stereocenters. The van der Waals surface area contributed by atoms with Crippen LogP contribution in [-0.4, -0.2) is 20.8 Å². The van der Waals surface area contributed by atoms with Gasteiger partial charge in [0.15, 0.2) is 0 Å². The normalized spacial score (nSPS) is 11.4. The van der Waals surface area contributed by atoms with Gasteiger partial charge in [-0.25, -0.2) is 8.42 Å². The van der Waals surface area contributed by atoms with Crippen LogP contribution in [0.5, 0.6) is 5.75 Å². The molecule has 0 aliphatic rings. The van der Waals surface area contributed by atoms with Crippen LogP contribution in [0, 0.1) is 6.92 Å². The maximum atomic E-state index is 10.7. The Kier molecular flexibility index (Phi) is 6.50. The van der Waals surface area contributed by atoms with Crippen LogP contribution in [0.25, 0.3) is 0 Å². The standard InChI is InChI=1S/C13H19ClO3S/c1-12-7-6-8-13(11-12)17-9-4-2-3-5-10-18(14,15)16/h6-8,11H,2-5,9-10H2,1H3. The molecule has 0 unspecified atom stereocenters. The van der Waals surface area contributed by atoms with Crippen molar-refractivity contribution in [2.75, 3.05) is 12.4 Å². The predicted octanol–water partition coefficient (Wildman–Crippen LogP) is 3.50. The van der Waals surface area contributed by atoms with Crippen molar-refractivity contribution in [1.29, 1.82) is 0 Å². The Morgan fingerprint density at radius 3 is 2.56 bits per heavy atom. The molecule has 3 nitrogen and oxygen atoms in total. The highest BCUT2D eigenvalue weighted by Crippen LogP contribution is 2.13. The highest BCUT2D eigenvalue weighted by Gasteiger charge is 2.03. The minimum absolute atomic E-state index is 0.0628. The number of aryl methyl sites for hydroxylation is 1. The lowest BCUT2D eigenvalue weighted by atomic mass is 10.2.